The number of hydrogen-bond donors (Lipinski definition) is 2. The van der Waals surface area contributed by atoms with Gasteiger partial charge in [-0.15, -0.1) is 0 Å². The normalized spacial score (nSPS) is 20.0. The van der Waals surface area contributed by atoms with Crippen LogP contribution in [0.3, 0.4) is 0 Å². The fraction of sp³-hybridized carbons (Fsp3) is 0.400. The molecule has 3 aromatic heterocycles. The van der Waals surface area contributed by atoms with Crippen molar-refractivity contribution in [2.75, 3.05) is 5.32 Å². The highest BCUT2D eigenvalue weighted by molar-refractivity contribution is 5.79. The molecule has 1 unspecified atom stereocenters. The second-order valence-corrected chi connectivity index (χ2v) is 7.17. The van der Waals surface area contributed by atoms with Gasteiger partial charge in [-0.2, -0.15) is 4.98 Å². The first-order valence-electron chi connectivity index (χ1n) is 9.78. The number of rotatable bonds is 6. The van der Waals surface area contributed by atoms with Crippen LogP contribution in [0, 0.1) is 5.92 Å². The number of amides is 1. The number of nitrogens with one attached hydrogen (secondary N) is 2. The summed E-state index contributed by atoms with van der Waals surface area (Å²) in [6, 6.07) is 7.21. The molecule has 4 rings (SSSR count). The topological polar surface area (TPSA) is 119 Å². The SMILES string of the molecule is CC(NC(=O)C1CCC(Nc2ncccn2)CC1)c1nc(-c2ccccn2)no1. The standard InChI is InChI=1S/C20H23N7O2/c1-13(19-26-17(27-29-19)16-5-2-3-10-21-16)24-18(28)14-6-8-15(9-7-14)25-20-22-11-4-12-23-20/h2-5,10-15H,6-9H2,1H3,(H,24,28)(H,22,23,25). The van der Waals surface area contributed by atoms with Gasteiger partial charge in [0, 0.05) is 30.6 Å². The average molecular weight is 393 g/mol. The molecule has 0 aromatic carbocycles. The van der Waals surface area contributed by atoms with E-state index in [1.54, 1.807) is 24.7 Å². The molecule has 0 bridgehead atoms. The quantitative estimate of drug-likeness (QED) is 0.656. The number of aromatic nitrogens is 5. The first-order valence-corrected chi connectivity index (χ1v) is 9.78. The summed E-state index contributed by atoms with van der Waals surface area (Å²) in [5.74, 6) is 1.41. The first kappa shape index (κ1) is 19.0. The van der Waals surface area contributed by atoms with E-state index in [1.165, 1.54) is 0 Å². The lowest BCUT2D eigenvalue weighted by Crippen LogP contribution is -2.37. The van der Waals surface area contributed by atoms with Crippen LogP contribution in [0.15, 0.2) is 47.4 Å². The minimum absolute atomic E-state index is 0.0181. The molecule has 2 N–H and O–H groups in total. The highest BCUT2D eigenvalue weighted by atomic mass is 16.5. The molecule has 9 nitrogen and oxygen atoms in total. The Labute approximate surface area is 168 Å². The van der Waals surface area contributed by atoms with E-state index in [4.69, 9.17) is 4.52 Å². The molecule has 1 atom stereocenters. The van der Waals surface area contributed by atoms with Crippen LogP contribution >= 0.6 is 0 Å². The highest BCUT2D eigenvalue weighted by Crippen LogP contribution is 2.27. The zero-order valence-corrected chi connectivity index (χ0v) is 16.2. The maximum Gasteiger partial charge on any atom is 0.249 e. The summed E-state index contributed by atoms with van der Waals surface area (Å²) in [5.41, 5.74) is 0.634. The summed E-state index contributed by atoms with van der Waals surface area (Å²) in [5, 5.41) is 10.3. The van der Waals surface area contributed by atoms with Gasteiger partial charge in [-0.3, -0.25) is 9.78 Å². The van der Waals surface area contributed by atoms with Crippen LogP contribution in [0.25, 0.3) is 11.5 Å². The van der Waals surface area contributed by atoms with Crippen molar-refractivity contribution in [2.24, 2.45) is 5.92 Å². The van der Waals surface area contributed by atoms with Gasteiger partial charge in [-0.25, -0.2) is 9.97 Å². The van der Waals surface area contributed by atoms with Crippen molar-refractivity contribution in [1.82, 2.24) is 30.4 Å². The van der Waals surface area contributed by atoms with Crippen molar-refractivity contribution in [3.63, 3.8) is 0 Å². The van der Waals surface area contributed by atoms with Gasteiger partial charge in [0.1, 0.15) is 11.7 Å². The lowest BCUT2D eigenvalue weighted by atomic mass is 9.85. The van der Waals surface area contributed by atoms with E-state index in [1.807, 2.05) is 25.1 Å². The van der Waals surface area contributed by atoms with E-state index in [9.17, 15) is 4.79 Å². The molecule has 1 aliphatic carbocycles. The molecule has 150 valence electrons. The maximum atomic E-state index is 12.7. The largest absolute Gasteiger partial charge is 0.351 e. The third-order valence-electron chi connectivity index (χ3n) is 5.06. The van der Waals surface area contributed by atoms with Crippen LogP contribution in [0.1, 0.15) is 44.5 Å². The van der Waals surface area contributed by atoms with Gasteiger partial charge in [0.25, 0.3) is 0 Å². The van der Waals surface area contributed by atoms with Gasteiger partial charge in [0.15, 0.2) is 0 Å². The van der Waals surface area contributed by atoms with Crippen molar-refractivity contribution < 1.29 is 9.32 Å². The average Bonchev–Trinajstić information content (AvgIpc) is 3.26. The van der Waals surface area contributed by atoms with Crippen LogP contribution in [-0.4, -0.2) is 37.0 Å². The van der Waals surface area contributed by atoms with E-state index >= 15 is 0 Å². The Kier molecular flexibility index (Phi) is 5.73. The monoisotopic (exact) mass is 393 g/mol. The molecular formula is C20H23N7O2. The Bertz CT molecular complexity index is 924. The van der Waals surface area contributed by atoms with E-state index < -0.39 is 0 Å². The molecule has 1 aliphatic rings. The summed E-state index contributed by atoms with van der Waals surface area (Å²) in [6.45, 7) is 1.84. The Morgan fingerprint density at radius 3 is 2.55 bits per heavy atom. The lowest BCUT2D eigenvalue weighted by molar-refractivity contribution is -0.126. The number of anilines is 1. The van der Waals surface area contributed by atoms with Crippen LogP contribution in [0.2, 0.25) is 0 Å². The molecule has 0 aliphatic heterocycles. The van der Waals surface area contributed by atoms with Gasteiger partial charge in [-0.05, 0) is 50.8 Å². The second kappa shape index (κ2) is 8.76. The summed E-state index contributed by atoms with van der Waals surface area (Å²) in [7, 11) is 0. The third kappa shape index (κ3) is 4.74. The fourth-order valence-electron chi connectivity index (χ4n) is 3.46. The van der Waals surface area contributed by atoms with Gasteiger partial charge in [-0.1, -0.05) is 11.2 Å². The minimum Gasteiger partial charge on any atom is -0.351 e. The zero-order chi connectivity index (χ0) is 20.1. The minimum atomic E-state index is -0.360. The third-order valence-corrected chi connectivity index (χ3v) is 5.06. The number of carbonyl (C=O) groups is 1. The Balaban J connectivity index is 1.28. The Morgan fingerprint density at radius 1 is 1.07 bits per heavy atom. The molecule has 1 amide bonds. The molecule has 3 aromatic rings. The molecule has 0 radical (unpaired) electrons. The predicted molar refractivity (Wildman–Crippen MR) is 105 cm³/mol. The highest BCUT2D eigenvalue weighted by Gasteiger charge is 2.28. The van der Waals surface area contributed by atoms with Crippen LogP contribution in [0.5, 0.6) is 0 Å². The van der Waals surface area contributed by atoms with Crippen molar-refractivity contribution in [3.8, 4) is 11.5 Å². The summed E-state index contributed by atoms with van der Waals surface area (Å²) >= 11 is 0. The van der Waals surface area contributed by atoms with Crippen molar-refractivity contribution in [2.45, 2.75) is 44.7 Å². The van der Waals surface area contributed by atoms with Crippen LogP contribution in [0.4, 0.5) is 5.95 Å². The molecule has 0 saturated heterocycles. The van der Waals surface area contributed by atoms with Crippen LogP contribution < -0.4 is 10.6 Å². The van der Waals surface area contributed by atoms with Crippen molar-refractivity contribution in [1.29, 1.82) is 0 Å². The van der Waals surface area contributed by atoms with Gasteiger partial charge in [0.2, 0.25) is 23.6 Å². The molecular weight excluding hydrogens is 370 g/mol. The fourth-order valence-corrected chi connectivity index (χ4v) is 3.46. The van der Waals surface area contributed by atoms with Crippen molar-refractivity contribution >= 4 is 11.9 Å². The predicted octanol–water partition coefficient (Wildman–Crippen LogP) is 2.77. The number of carbonyl (C=O) groups excluding carboxylic acids is 1. The van der Waals surface area contributed by atoms with E-state index in [0.29, 0.717) is 23.4 Å². The number of pyridine rings is 1. The lowest BCUT2D eigenvalue weighted by Gasteiger charge is -2.28. The van der Waals surface area contributed by atoms with E-state index in [2.05, 4.69) is 35.7 Å². The van der Waals surface area contributed by atoms with Crippen LogP contribution in [-0.2, 0) is 4.79 Å². The van der Waals surface area contributed by atoms with E-state index in [-0.39, 0.29) is 23.9 Å². The van der Waals surface area contributed by atoms with Crippen molar-refractivity contribution in [3.05, 3.63) is 48.7 Å². The molecule has 1 fully saturated rings. The Morgan fingerprint density at radius 2 is 1.83 bits per heavy atom. The molecule has 1 saturated carbocycles. The maximum absolute atomic E-state index is 12.7. The summed E-state index contributed by atoms with van der Waals surface area (Å²) in [4.78, 5) is 29.6. The summed E-state index contributed by atoms with van der Waals surface area (Å²) < 4.78 is 5.31. The Hall–Kier alpha value is -3.36. The smallest absolute Gasteiger partial charge is 0.249 e. The molecule has 0 spiro atoms. The van der Waals surface area contributed by atoms with Gasteiger partial charge >= 0.3 is 0 Å². The van der Waals surface area contributed by atoms with Gasteiger partial charge < -0.3 is 15.2 Å². The summed E-state index contributed by atoms with van der Waals surface area (Å²) in [6.07, 6.45) is 8.52. The second-order valence-electron chi connectivity index (χ2n) is 7.17. The molecule has 29 heavy (non-hydrogen) atoms. The van der Waals surface area contributed by atoms with Gasteiger partial charge in [0.05, 0.1) is 0 Å². The molecule has 3 heterocycles. The molecule has 9 heteroatoms. The first-order chi connectivity index (χ1) is 14.2. The van der Waals surface area contributed by atoms with E-state index in [0.717, 1.165) is 25.7 Å². The number of hydrogen-bond acceptors (Lipinski definition) is 8. The number of nitrogens with zero attached hydrogens (tertiary/aromatic N) is 5. The zero-order valence-electron chi connectivity index (χ0n) is 16.2.